The van der Waals surface area contributed by atoms with E-state index in [1.807, 2.05) is 24.4 Å². The standard InChI is InChI=1S/C20H20N2O6S2/c1-11-9-12-10-13(22-30(25)15-5-4-8-29-15)6-7-14(12)21-17(26-11)16-18(23)27-20(2,3)28-19(16)24/h4-8,10-11,21-22H,9H2,1-3H3. The van der Waals surface area contributed by atoms with Crippen LogP contribution in [0.2, 0.25) is 0 Å². The maximum absolute atomic E-state index is 12.4. The summed E-state index contributed by atoms with van der Waals surface area (Å²) in [5.41, 5.74) is 1.92. The van der Waals surface area contributed by atoms with Gasteiger partial charge in [0.2, 0.25) is 11.5 Å². The molecule has 30 heavy (non-hydrogen) atoms. The minimum Gasteiger partial charge on any atom is -0.475 e. The highest BCUT2D eigenvalue weighted by molar-refractivity contribution is 7.88. The molecule has 4 rings (SSSR count). The number of rotatable bonds is 3. The summed E-state index contributed by atoms with van der Waals surface area (Å²) in [7, 11) is -1.36. The molecule has 2 aliphatic rings. The van der Waals surface area contributed by atoms with E-state index in [4.69, 9.17) is 14.2 Å². The number of hydrogen-bond donors (Lipinski definition) is 2. The van der Waals surface area contributed by atoms with E-state index in [9.17, 15) is 13.8 Å². The lowest BCUT2D eigenvalue weighted by molar-refractivity contribution is -0.222. The Bertz CT molecular complexity index is 1040. The predicted molar refractivity (Wildman–Crippen MR) is 112 cm³/mol. The third-order valence-corrected chi connectivity index (χ3v) is 6.71. The van der Waals surface area contributed by atoms with Gasteiger partial charge < -0.3 is 24.2 Å². The van der Waals surface area contributed by atoms with Crippen molar-refractivity contribution in [1.29, 1.82) is 0 Å². The molecular weight excluding hydrogens is 428 g/mol. The molecule has 2 N–H and O–H groups in total. The first-order valence-corrected chi connectivity index (χ1v) is 11.2. The monoisotopic (exact) mass is 448 g/mol. The van der Waals surface area contributed by atoms with Gasteiger partial charge >= 0.3 is 11.9 Å². The third kappa shape index (κ3) is 4.19. The van der Waals surface area contributed by atoms with Crippen LogP contribution in [0, 0.1) is 0 Å². The lowest BCUT2D eigenvalue weighted by Gasteiger charge is -2.30. The fraction of sp³-hybridized carbons (Fsp3) is 0.300. The fourth-order valence-corrected chi connectivity index (χ4v) is 4.87. The Morgan fingerprint density at radius 2 is 1.93 bits per heavy atom. The van der Waals surface area contributed by atoms with Gasteiger partial charge in [-0.2, -0.15) is 0 Å². The minimum atomic E-state index is -1.36. The minimum absolute atomic E-state index is 0.00498. The maximum atomic E-state index is 12.4. The molecule has 1 saturated heterocycles. The second-order valence-corrected chi connectivity index (χ2v) is 9.70. The van der Waals surface area contributed by atoms with E-state index < -0.39 is 28.7 Å². The largest absolute Gasteiger partial charge is 0.475 e. The molecule has 8 nitrogen and oxygen atoms in total. The summed E-state index contributed by atoms with van der Waals surface area (Å²) in [5.74, 6) is -2.95. The van der Waals surface area contributed by atoms with Crippen LogP contribution in [0.15, 0.2) is 51.4 Å². The van der Waals surface area contributed by atoms with Crippen LogP contribution in [0.25, 0.3) is 0 Å². The molecule has 0 bridgehead atoms. The summed E-state index contributed by atoms with van der Waals surface area (Å²) in [4.78, 5) is 24.8. The number of cyclic esters (lactones) is 2. The van der Waals surface area contributed by atoms with Crippen LogP contribution in [-0.2, 0) is 41.2 Å². The third-order valence-electron chi connectivity index (χ3n) is 4.38. The Labute approximate surface area is 179 Å². The normalized spacial score (nSPS) is 21.4. The second-order valence-electron chi connectivity index (χ2n) is 7.32. The highest BCUT2D eigenvalue weighted by Gasteiger charge is 2.42. The van der Waals surface area contributed by atoms with Crippen LogP contribution in [0.3, 0.4) is 0 Å². The Hall–Kier alpha value is -2.85. The average molecular weight is 449 g/mol. The molecule has 0 spiro atoms. The zero-order chi connectivity index (χ0) is 21.5. The average Bonchev–Trinajstić information content (AvgIpc) is 3.11. The molecule has 158 valence electrons. The van der Waals surface area contributed by atoms with Crippen LogP contribution in [0.1, 0.15) is 26.3 Å². The second kappa shape index (κ2) is 7.77. The van der Waals surface area contributed by atoms with Gasteiger partial charge in [-0.3, -0.25) is 0 Å². The Morgan fingerprint density at radius 3 is 2.60 bits per heavy atom. The molecule has 0 saturated carbocycles. The summed E-state index contributed by atoms with van der Waals surface area (Å²) >= 11 is 1.41. The first-order valence-electron chi connectivity index (χ1n) is 9.21. The van der Waals surface area contributed by atoms with E-state index in [1.165, 1.54) is 25.2 Å². The quantitative estimate of drug-likeness (QED) is 0.422. The fourth-order valence-electron chi connectivity index (χ4n) is 3.14. The van der Waals surface area contributed by atoms with Crippen LogP contribution in [-0.4, -0.2) is 28.0 Å². The topological polar surface area (TPSA) is 103 Å². The highest BCUT2D eigenvalue weighted by Crippen LogP contribution is 2.32. The van der Waals surface area contributed by atoms with Crippen molar-refractivity contribution in [2.75, 3.05) is 10.0 Å². The van der Waals surface area contributed by atoms with Gasteiger partial charge in [0, 0.05) is 31.6 Å². The highest BCUT2D eigenvalue weighted by atomic mass is 32.2. The van der Waals surface area contributed by atoms with E-state index in [-0.39, 0.29) is 17.6 Å². The van der Waals surface area contributed by atoms with E-state index in [0.29, 0.717) is 17.8 Å². The molecule has 1 fully saturated rings. The number of esters is 2. The molecule has 0 amide bonds. The number of ether oxygens (including phenoxy) is 3. The Morgan fingerprint density at radius 1 is 1.20 bits per heavy atom. The van der Waals surface area contributed by atoms with Crippen LogP contribution in [0.5, 0.6) is 0 Å². The van der Waals surface area contributed by atoms with E-state index >= 15 is 0 Å². The number of thiophene rings is 1. The van der Waals surface area contributed by atoms with Gasteiger partial charge in [0.1, 0.15) is 10.3 Å². The van der Waals surface area contributed by atoms with Crippen molar-refractivity contribution in [3.8, 4) is 0 Å². The number of fused-ring (bicyclic) bond motifs is 1. The molecule has 1 aromatic carbocycles. The van der Waals surface area contributed by atoms with Gasteiger partial charge in [0.15, 0.2) is 11.0 Å². The van der Waals surface area contributed by atoms with Crippen molar-refractivity contribution in [2.45, 2.75) is 43.3 Å². The molecule has 0 aliphatic carbocycles. The van der Waals surface area contributed by atoms with Crippen LogP contribution < -0.4 is 10.0 Å². The first kappa shape index (κ1) is 20.4. The van der Waals surface area contributed by atoms with E-state index in [2.05, 4.69) is 10.0 Å². The van der Waals surface area contributed by atoms with Gasteiger partial charge in [0.05, 0.1) is 0 Å². The van der Waals surface area contributed by atoms with Gasteiger partial charge in [-0.25, -0.2) is 13.8 Å². The molecule has 10 heteroatoms. The molecule has 2 unspecified atom stereocenters. The van der Waals surface area contributed by atoms with Gasteiger partial charge in [-0.1, -0.05) is 6.07 Å². The summed E-state index contributed by atoms with van der Waals surface area (Å²) in [6, 6.07) is 9.04. The molecule has 2 aliphatic heterocycles. The number of carbonyl (C=O) groups excluding carboxylic acids is 2. The number of hydrogen-bond acceptors (Lipinski definition) is 8. The molecule has 0 radical (unpaired) electrons. The Kier molecular flexibility index (Phi) is 5.29. The van der Waals surface area contributed by atoms with Crippen molar-refractivity contribution >= 4 is 45.6 Å². The lowest BCUT2D eigenvalue weighted by Crippen LogP contribution is -2.43. The molecule has 3 heterocycles. The molecule has 1 aromatic heterocycles. The number of benzene rings is 1. The maximum Gasteiger partial charge on any atom is 0.354 e. The van der Waals surface area contributed by atoms with E-state index in [1.54, 1.807) is 18.2 Å². The van der Waals surface area contributed by atoms with Crippen LogP contribution in [0.4, 0.5) is 11.4 Å². The summed E-state index contributed by atoms with van der Waals surface area (Å²) < 4.78 is 32.3. The number of anilines is 2. The Balaban J connectivity index is 1.62. The lowest BCUT2D eigenvalue weighted by atomic mass is 10.1. The zero-order valence-corrected chi connectivity index (χ0v) is 18.1. The summed E-state index contributed by atoms with van der Waals surface area (Å²) in [6.07, 6.45) is 0.172. The SMILES string of the molecule is CC1Cc2cc(NS(=O)c3cccs3)ccc2NC(=C2C(=O)OC(C)(C)OC2=O)O1. The molecular formula is C20H20N2O6S2. The van der Waals surface area contributed by atoms with Crippen molar-refractivity contribution in [3.05, 3.63) is 52.7 Å². The van der Waals surface area contributed by atoms with Crippen molar-refractivity contribution in [3.63, 3.8) is 0 Å². The van der Waals surface area contributed by atoms with Crippen molar-refractivity contribution in [2.24, 2.45) is 0 Å². The van der Waals surface area contributed by atoms with Crippen molar-refractivity contribution < 1.29 is 28.0 Å². The number of nitrogens with one attached hydrogen (secondary N) is 2. The first-order chi connectivity index (χ1) is 14.2. The van der Waals surface area contributed by atoms with Crippen molar-refractivity contribution in [1.82, 2.24) is 0 Å². The summed E-state index contributed by atoms with van der Waals surface area (Å²) in [6.45, 7) is 4.79. The van der Waals surface area contributed by atoms with Gasteiger partial charge in [0.25, 0.3) is 5.79 Å². The molecule has 2 atom stereocenters. The summed E-state index contributed by atoms with van der Waals surface area (Å²) in [5, 5.41) is 4.88. The molecule has 2 aromatic rings. The smallest absolute Gasteiger partial charge is 0.354 e. The van der Waals surface area contributed by atoms with E-state index in [0.717, 1.165) is 9.77 Å². The zero-order valence-electron chi connectivity index (χ0n) is 16.5. The predicted octanol–water partition coefficient (Wildman–Crippen LogP) is 3.30. The van der Waals surface area contributed by atoms with Crippen LogP contribution >= 0.6 is 11.3 Å². The van der Waals surface area contributed by atoms with Gasteiger partial charge in [-0.05, 0) is 42.1 Å². The number of carbonyl (C=O) groups is 2. The van der Waals surface area contributed by atoms with Gasteiger partial charge in [-0.15, -0.1) is 11.3 Å².